The Bertz CT molecular complexity index is 515. The summed E-state index contributed by atoms with van der Waals surface area (Å²) in [6, 6.07) is 5.72. The fourth-order valence-corrected chi connectivity index (χ4v) is 3.20. The first-order valence-electron chi connectivity index (χ1n) is 7.11. The topological polar surface area (TPSA) is 32.7 Å². The number of halogens is 1. The number of hydrogen-bond donors (Lipinski definition) is 1. The van der Waals surface area contributed by atoms with E-state index < -0.39 is 0 Å². The Hall–Kier alpha value is -1.19. The molecule has 2 heterocycles. The lowest BCUT2D eigenvalue weighted by Gasteiger charge is -2.41. The molecule has 2 aliphatic rings. The number of ether oxygens (including phenoxy) is 1. The zero-order chi connectivity index (χ0) is 13.4. The van der Waals surface area contributed by atoms with Gasteiger partial charge in [0.25, 0.3) is 0 Å². The summed E-state index contributed by atoms with van der Waals surface area (Å²) in [6.07, 6.45) is 3.50. The van der Waals surface area contributed by atoms with Gasteiger partial charge in [-0.3, -0.25) is 4.90 Å². The van der Waals surface area contributed by atoms with Crippen LogP contribution in [0.3, 0.4) is 0 Å². The molecule has 1 aromatic carbocycles. The molecule has 110 valence electrons. The predicted molar refractivity (Wildman–Crippen MR) is 83.6 cm³/mol. The smallest absolute Gasteiger partial charge is 0.127 e. The van der Waals surface area contributed by atoms with E-state index in [4.69, 9.17) is 4.74 Å². The van der Waals surface area contributed by atoms with Crippen LogP contribution in [0.4, 0.5) is 0 Å². The minimum Gasteiger partial charge on any atom is -0.508 e. The zero-order valence-electron chi connectivity index (χ0n) is 12.0. The van der Waals surface area contributed by atoms with Gasteiger partial charge in [-0.2, -0.15) is 0 Å². The summed E-state index contributed by atoms with van der Waals surface area (Å²) in [7, 11) is 0. The number of benzene rings is 1. The molecule has 1 N–H and O–H groups in total. The molecule has 0 saturated heterocycles. The monoisotopic (exact) mass is 295 g/mol. The Balaban J connectivity index is 0.00000147. The largest absolute Gasteiger partial charge is 0.508 e. The van der Waals surface area contributed by atoms with Crippen molar-refractivity contribution >= 4 is 18.0 Å². The Morgan fingerprint density at radius 1 is 1.40 bits per heavy atom. The van der Waals surface area contributed by atoms with Gasteiger partial charge in [0.1, 0.15) is 18.1 Å². The molecule has 3 rings (SSSR count). The lowest BCUT2D eigenvalue weighted by atomic mass is 9.87. The van der Waals surface area contributed by atoms with E-state index in [1.807, 2.05) is 12.1 Å². The van der Waals surface area contributed by atoms with Crippen LogP contribution in [-0.4, -0.2) is 35.7 Å². The molecule has 0 radical (unpaired) electrons. The highest BCUT2D eigenvalue weighted by Gasteiger charge is 2.33. The molecule has 0 unspecified atom stereocenters. The number of fused-ring (bicyclic) bond motifs is 3. The minimum atomic E-state index is 0. The summed E-state index contributed by atoms with van der Waals surface area (Å²) in [5.41, 5.74) is 2.38. The van der Waals surface area contributed by atoms with Gasteiger partial charge in [-0.05, 0) is 42.7 Å². The van der Waals surface area contributed by atoms with Crippen molar-refractivity contribution < 1.29 is 9.84 Å². The van der Waals surface area contributed by atoms with Gasteiger partial charge in [0.15, 0.2) is 0 Å². The maximum absolute atomic E-state index is 9.72. The van der Waals surface area contributed by atoms with Gasteiger partial charge in [0, 0.05) is 12.1 Å². The van der Waals surface area contributed by atoms with Crippen LogP contribution in [-0.2, 0) is 0 Å². The van der Waals surface area contributed by atoms with Gasteiger partial charge < -0.3 is 9.84 Å². The Morgan fingerprint density at radius 2 is 2.20 bits per heavy atom. The second kappa shape index (κ2) is 6.06. The number of aromatic hydroxyl groups is 1. The lowest BCUT2D eigenvalue weighted by Crippen LogP contribution is -2.47. The number of phenols is 1. The maximum Gasteiger partial charge on any atom is 0.127 e. The number of nitrogens with zero attached hydrogens (tertiary/aromatic N) is 1. The van der Waals surface area contributed by atoms with Crippen LogP contribution in [0, 0.1) is 5.92 Å². The molecule has 0 aromatic heterocycles. The zero-order valence-corrected chi connectivity index (χ0v) is 12.8. The van der Waals surface area contributed by atoms with E-state index in [0.29, 0.717) is 17.7 Å². The van der Waals surface area contributed by atoms with Gasteiger partial charge in [0.05, 0.1) is 6.04 Å². The average molecular weight is 296 g/mol. The van der Waals surface area contributed by atoms with Crippen molar-refractivity contribution in [2.75, 3.05) is 19.7 Å². The van der Waals surface area contributed by atoms with Crippen LogP contribution in [0.2, 0.25) is 0 Å². The fourth-order valence-electron chi connectivity index (χ4n) is 3.20. The summed E-state index contributed by atoms with van der Waals surface area (Å²) in [5.74, 6) is 1.75. The summed E-state index contributed by atoms with van der Waals surface area (Å²) < 4.78 is 5.87. The van der Waals surface area contributed by atoms with Crippen molar-refractivity contribution in [3.8, 4) is 11.5 Å². The van der Waals surface area contributed by atoms with E-state index in [1.165, 1.54) is 5.57 Å². The maximum atomic E-state index is 9.72. The highest BCUT2D eigenvalue weighted by Crippen LogP contribution is 2.40. The predicted octanol–water partition coefficient (Wildman–Crippen LogP) is 3.32. The summed E-state index contributed by atoms with van der Waals surface area (Å²) >= 11 is 0. The van der Waals surface area contributed by atoms with Gasteiger partial charge >= 0.3 is 0 Å². The van der Waals surface area contributed by atoms with Crippen molar-refractivity contribution in [2.45, 2.75) is 26.3 Å². The van der Waals surface area contributed by atoms with Gasteiger partial charge in [0.2, 0.25) is 0 Å². The third kappa shape index (κ3) is 2.65. The molecule has 0 aliphatic carbocycles. The van der Waals surface area contributed by atoms with Crippen LogP contribution < -0.4 is 4.74 Å². The molecule has 0 saturated carbocycles. The van der Waals surface area contributed by atoms with Gasteiger partial charge in [-0.15, -0.1) is 12.4 Å². The van der Waals surface area contributed by atoms with Crippen molar-refractivity contribution in [1.29, 1.82) is 0 Å². The third-order valence-electron chi connectivity index (χ3n) is 3.97. The second-order valence-electron chi connectivity index (χ2n) is 5.60. The standard InChI is InChI=1S/C16H21NO2.ClH/c1-3-6-17-9-11(2)7-13-14-8-12(18)4-5-16(14)19-10-15(13)17;/h4-5,7-8,11,15,18H,3,6,9-10H2,1-2H3;1H/t11-,15+;/m1./s1. The van der Waals surface area contributed by atoms with Gasteiger partial charge in [-0.1, -0.05) is 19.9 Å². The SMILES string of the molecule is CCCN1C[C@H](C)C=C2c3cc(O)ccc3OC[C@@H]21.Cl. The summed E-state index contributed by atoms with van der Waals surface area (Å²) in [5, 5.41) is 9.72. The second-order valence-corrected chi connectivity index (χ2v) is 5.60. The van der Waals surface area contributed by atoms with Crippen LogP contribution >= 0.6 is 12.4 Å². The first-order valence-corrected chi connectivity index (χ1v) is 7.11. The molecule has 20 heavy (non-hydrogen) atoms. The van der Waals surface area contributed by atoms with Crippen molar-refractivity contribution in [3.05, 3.63) is 29.8 Å². The van der Waals surface area contributed by atoms with Crippen LogP contribution in [0.1, 0.15) is 25.8 Å². The van der Waals surface area contributed by atoms with Crippen LogP contribution in [0.15, 0.2) is 24.3 Å². The molecular weight excluding hydrogens is 274 g/mol. The molecule has 2 atom stereocenters. The minimum absolute atomic E-state index is 0. The van der Waals surface area contributed by atoms with Crippen molar-refractivity contribution in [2.24, 2.45) is 5.92 Å². The van der Waals surface area contributed by atoms with Gasteiger partial charge in [-0.25, -0.2) is 0 Å². The highest BCUT2D eigenvalue weighted by atomic mass is 35.5. The van der Waals surface area contributed by atoms with E-state index in [0.717, 1.165) is 37.4 Å². The molecule has 0 amide bonds. The molecule has 4 heteroatoms. The molecule has 1 aromatic rings. The third-order valence-corrected chi connectivity index (χ3v) is 3.97. The quantitative estimate of drug-likeness (QED) is 0.908. The van der Waals surface area contributed by atoms with Crippen LogP contribution in [0.25, 0.3) is 5.57 Å². The first kappa shape index (κ1) is 15.2. The Kier molecular flexibility index (Phi) is 4.61. The average Bonchev–Trinajstić information content (AvgIpc) is 2.39. The molecular formula is C16H22ClNO2. The summed E-state index contributed by atoms with van der Waals surface area (Å²) in [4.78, 5) is 2.51. The molecule has 2 aliphatic heterocycles. The highest BCUT2D eigenvalue weighted by molar-refractivity contribution is 5.85. The molecule has 0 bridgehead atoms. The van der Waals surface area contributed by atoms with E-state index in [9.17, 15) is 5.11 Å². The lowest BCUT2D eigenvalue weighted by molar-refractivity contribution is 0.143. The van der Waals surface area contributed by atoms with E-state index >= 15 is 0 Å². The van der Waals surface area contributed by atoms with Crippen molar-refractivity contribution in [1.82, 2.24) is 4.90 Å². The van der Waals surface area contributed by atoms with E-state index in [-0.39, 0.29) is 12.4 Å². The van der Waals surface area contributed by atoms with E-state index in [2.05, 4.69) is 24.8 Å². The molecule has 0 spiro atoms. The number of phenolic OH excluding ortho intramolecular Hbond substituents is 1. The summed E-state index contributed by atoms with van der Waals surface area (Å²) in [6.45, 7) is 7.38. The molecule has 3 nitrogen and oxygen atoms in total. The Morgan fingerprint density at radius 3 is 2.95 bits per heavy atom. The Labute approximate surface area is 126 Å². The number of hydrogen-bond acceptors (Lipinski definition) is 3. The first-order chi connectivity index (χ1) is 9.19. The fraction of sp³-hybridized carbons (Fsp3) is 0.500. The normalized spacial score (nSPS) is 24.8. The van der Waals surface area contributed by atoms with E-state index in [1.54, 1.807) is 6.07 Å². The molecule has 0 fully saturated rings. The van der Waals surface area contributed by atoms with Crippen molar-refractivity contribution in [3.63, 3.8) is 0 Å². The number of rotatable bonds is 2. The van der Waals surface area contributed by atoms with Crippen LogP contribution in [0.5, 0.6) is 11.5 Å².